The minimum absolute atomic E-state index is 0.488. The molecular weight excluding hydrogens is 264 g/mol. The number of rotatable bonds is 4. The minimum Gasteiger partial charge on any atom is -0.432 e. The molecule has 5 heteroatoms. The van der Waals surface area contributed by atoms with Gasteiger partial charge in [0.05, 0.1) is 5.69 Å². The first kappa shape index (κ1) is 13.6. The number of oxazole rings is 1. The molecule has 0 radical (unpaired) electrons. The summed E-state index contributed by atoms with van der Waals surface area (Å²) < 4.78 is 5.76. The van der Waals surface area contributed by atoms with Gasteiger partial charge in [0.1, 0.15) is 6.26 Å². The van der Waals surface area contributed by atoms with Crippen molar-refractivity contribution in [2.45, 2.75) is 63.7 Å². The zero-order chi connectivity index (χ0) is 14.2. The number of nitrogens with zero attached hydrogens (tertiary/aromatic N) is 3. The number of hydrogen-bond donors (Lipinski definition) is 1. The molecule has 1 aromatic heterocycles. The summed E-state index contributed by atoms with van der Waals surface area (Å²) >= 11 is 0. The normalized spacial score (nSPS) is 30.4. The Labute approximate surface area is 126 Å². The lowest BCUT2D eigenvalue weighted by atomic mass is 9.97. The summed E-state index contributed by atoms with van der Waals surface area (Å²) in [5.74, 6) is 0. The average molecular weight is 290 g/mol. The molecule has 116 valence electrons. The van der Waals surface area contributed by atoms with Crippen molar-refractivity contribution in [1.29, 1.82) is 0 Å². The fourth-order valence-electron chi connectivity index (χ4n) is 3.66. The second-order valence-electron chi connectivity index (χ2n) is 6.92. The maximum Gasteiger partial charge on any atom is 0.297 e. The molecule has 1 saturated carbocycles. The third-order valence-electron chi connectivity index (χ3n) is 5.12. The van der Waals surface area contributed by atoms with Crippen molar-refractivity contribution in [3.63, 3.8) is 0 Å². The van der Waals surface area contributed by atoms with Gasteiger partial charge in [0, 0.05) is 37.8 Å². The molecule has 2 unspecified atom stereocenters. The summed E-state index contributed by atoms with van der Waals surface area (Å²) in [5, 5.41) is 3.50. The van der Waals surface area contributed by atoms with Crippen molar-refractivity contribution < 1.29 is 4.42 Å². The molecule has 1 aromatic rings. The summed E-state index contributed by atoms with van der Waals surface area (Å²) in [5.41, 5.74) is 1.04. The highest BCUT2D eigenvalue weighted by atomic mass is 16.4. The highest BCUT2D eigenvalue weighted by molar-refractivity contribution is 5.31. The van der Waals surface area contributed by atoms with Gasteiger partial charge in [0.15, 0.2) is 0 Å². The van der Waals surface area contributed by atoms with Crippen LogP contribution in [-0.2, 0) is 6.54 Å². The first-order valence-electron chi connectivity index (χ1n) is 8.48. The first-order chi connectivity index (χ1) is 10.3. The highest BCUT2D eigenvalue weighted by Crippen LogP contribution is 2.28. The zero-order valence-corrected chi connectivity index (χ0v) is 12.9. The van der Waals surface area contributed by atoms with Crippen LogP contribution in [0.5, 0.6) is 0 Å². The van der Waals surface area contributed by atoms with E-state index in [2.05, 4.69) is 22.0 Å². The van der Waals surface area contributed by atoms with Crippen molar-refractivity contribution in [3.8, 4) is 0 Å². The number of piperazine rings is 1. The summed E-state index contributed by atoms with van der Waals surface area (Å²) in [6.07, 6.45) is 8.49. The maximum absolute atomic E-state index is 5.76. The van der Waals surface area contributed by atoms with Crippen molar-refractivity contribution in [1.82, 2.24) is 15.2 Å². The van der Waals surface area contributed by atoms with Gasteiger partial charge in [-0.25, -0.2) is 0 Å². The molecule has 0 bridgehead atoms. The van der Waals surface area contributed by atoms with E-state index in [9.17, 15) is 0 Å². The number of fused-ring (bicyclic) bond motifs is 1. The van der Waals surface area contributed by atoms with Crippen molar-refractivity contribution in [2.75, 3.05) is 24.5 Å². The third kappa shape index (κ3) is 2.94. The predicted molar refractivity (Wildman–Crippen MR) is 82.4 cm³/mol. The van der Waals surface area contributed by atoms with Gasteiger partial charge in [-0.1, -0.05) is 6.42 Å². The molecule has 3 aliphatic rings. The number of nitrogens with one attached hydrogen (secondary N) is 1. The quantitative estimate of drug-likeness (QED) is 0.919. The van der Waals surface area contributed by atoms with Crippen molar-refractivity contribution >= 4 is 6.01 Å². The van der Waals surface area contributed by atoms with Crippen LogP contribution in [-0.4, -0.2) is 47.6 Å². The van der Waals surface area contributed by atoms with Gasteiger partial charge in [-0.15, -0.1) is 0 Å². The molecule has 5 nitrogen and oxygen atoms in total. The summed E-state index contributed by atoms with van der Waals surface area (Å²) in [6.45, 7) is 6.61. The minimum atomic E-state index is 0.488. The van der Waals surface area contributed by atoms with E-state index < -0.39 is 0 Å². The fourth-order valence-corrected chi connectivity index (χ4v) is 3.66. The van der Waals surface area contributed by atoms with Crippen LogP contribution in [0, 0.1) is 0 Å². The van der Waals surface area contributed by atoms with E-state index in [1.165, 1.54) is 38.6 Å². The van der Waals surface area contributed by atoms with E-state index in [1.54, 1.807) is 0 Å². The molecule has 0 amide bonds. The average Bonchev–Trinajstić information content (AvgIpc) is 3.21. The van der Waals surface area contributed by atoms with Gasteiger partial charge in [0.2, 0.25) is 0 Å². The van der Waals surface area contributed by atoms with E-state index in [0.717, 1.165) is 37.4 Å². The number of aromatic nitrogens is 1. The lowest BCUT2D eigenvalue weighted by molar-refractivity contribution is 0.113. The van der Waals surface area contributed by atoms with Crippen LogP contribution in [0.25, 0.3) is 0 Å². The van der Waals surface area contributed by atoms with Gasteiger partial charge in [-0.05, 0) is 39.2 Å². The molecule has 1 N–H and O–H groups in total. The van der Waals surface area contributed by atoms with Crippen LogP contribution in [0.3, 0.4) is 0 Å². The van der Waals surface area contributed by atoms with Gasteiger partial charge >= 0.3 is 0 Å². The number of piperidine rings is 1. The molecule has 4 rings (SSSR count). The predicted octanol–water partition coefficient (Wildman–Crippen LogP) is 1.99. The zero-order valence-electron chi connectivity index (χ0n) is 12.9. The van der Waals surface area contributed by atoms with Gasteiger partial charge in [0.25, 0.3) is 6.01 Å². The van der Waals surface area contributed by atoms with Crippen LogP contribution < -0.4 is 10.2 Å². The Kier molecular flexibility index (Phi) is 3.63. The monoisotopic (exact) mass is 290 g/mol. The van der Waals surface area contributed by atoms with Gasteiger partial charge in [-0.3, -0.25) is 4.90 Å². The molecule has 0 spiro atoms. The van der Waals surface area contributed by atoms with E-state index in [1.807, 2.05) is 6.26 Å². The largest absolute Gasteiger partial charge is 0.432 e. The Balaban J connectivity index is 1.42. The molecule has 2 aliphatic heterocycles. The SMILES string of the molecule is CC1CN2CCCCC2CN1c1nc(CNC2CC2)co1. The molecule has 21 heavy (non-hydrogen) atoms. The van der Waals surface area contributed by atoms with Crippen molar-refractivity contribution in [3.05, 3.63) is 12.0 Å². The van der Waals surface area contributed by atoms with Gasteiger partial charge in [-0.2, -0.15) is 4.98 Å². The van der Waals surface area contributed by atoms with E-state index in [0.29, 0.717) is 12.1 Å². The summed E-state index contributed by atoms with van der Waals surface area (Å²) in [4.78, 5) is 9.72. The number of anilines is 1. The maximum atomic E-state index is 5.76. The number of hydrogen-bond acceptors (Lipinski definition) is 5. The van der Waals surface area contributed by atoms with Crippen LogP contribution >= 0.6 is 0 Å². The second-order valence-corrected chi connectivity index (χ2v) is 6.92. The smallest absolute Gasteiger partial charge is 0.297 e. The molecule has 2 saturated heterocycles. The van der Waals surface area contributed by atoms with E-state index in [4.69, 9.17) is 9.40 Å². The Morgan fingerprint density at radius 3 is 3.05 bits per heavy atom. The lowest BCUT2D eigenvalue weighted by Gasteiger charge is -2.46. The molecule has 3 heterocycles. The Morgan fingerprint density at radius 2 is 2.19 bits per heavy atom. The van der Waals surface area contributed by atoms with Crippen LogP contribution in [0.1, 0.15) is 44.7 Å². The fraction of sp³-hybridized carbons (Fsp3) is 0.812. The standard InChI is InChI=1S/C16H26N4O/c1-12-9-19-7-3-2-4-15(19)10-20(12)16-18-14(11-21-16)8-17-13-5-6-13/h11-13,15,17H,2-10H2,1H3. The second kappa shape index (κ2) is 5.61. The molecule has 2 atom stereocenters. The van der Waals surface area contributed by atoms with Crippen LogP contribution in [0.2, 0.25) is 0 Å². The van der Waals surface area contributed by atoms with Crippen LogP contribution in [0.4, 0.5) is 6.01 Å². The highest BCUT2D eigenvalue weighted by Gasteiger charge is 2.34. The third-order valence-corrected chi connectivity index (χ3v) is 5.12. The molecule has 0 aromatic carbocycles. The summed E-state index contributed by atoms with van der Waals surface area (Å²) in [6, 6.07) is 2.72. The summed E-state index contributed by atoms with van der Waals surface area (Å²) in [7, 11) is 0. The van der Waals surface area contributed by atoms with E-state index in [-0.39, 0.29) is 0 Å². The van der Waals surface area contributed by atoms with Crippen molar-refractivity contribution in [2.24, 2.45) is 0 Å². The molecule has 3 fully saturated rings. The molecule has 1 aliphatic carbocycles. The Hall–Kier alpha value is -1.07. The molecular formula is C16H26N4O. The lowest BCUT2D eigenvalue weighted by Crippen LogP contribution is -2.59. The topological polar surface area (TPSA) is 44.5 Å². The first-order valence-corrected chi connectivity index (χ1v) is 8.48. The van der Waals surface area contributed by atoms with Gasteiger partial charge < -0.3 is 14.6 Å². The Morgan fingerprint density at radius 1 is 1.29 bits per heavy atom. The van der Waals surface area contributed by atoms with E-state index >= 15 is 0 Å². The Bertz CT molecular complexity index is 484. The van der Waals surface area contributed by atoms with Crippen LogP contribution in [0.15, 0.2) is 10.7 Å².